The molecule has 5 nitrogen and oxygen atoms in total. The molecular weight excluding hydrogens is 204 g/mol. The van der Waals surface area contributed by atoms with E-state index in [0.717, 1.165) is 39.3 Å². The Kier molecular flexibility index (Phi) is 5.73. The van der Waals surface area contributed by atoms with Crippen LogP contribution < -0.4 is 5.73 Å². The van der Waals surface area contributed by atoms with Gasteiger partial charge in [0.05, 0.1) is 18.5 Å². The summed E-state index contributed by atoms with van der Waals surface area (Å²) >= 11 is 0. The van der Waals surface area contributed by atoms with E-state index in [1.165, 1.54) is 0 Å². The minimum atomic E-state index is 0.264. The maximum atomic E-state index is 7.23. The molecule has 3 N–H and O–H groups in total. The van der Waals surface area contributed by atoms with Gasteiger partial charge in [0.2, 0.25) is 0 Å². The molecule has 0 aromatic heterocycles. The molecule has 5 heteroatoms. The van der Waals surface area contributed by atoms with E-state index in [9.17, 15) is 0 Å². The second-order valence-electron chi connectivity index (χ2n) is 4.42. The van der Waals surface area contributed by atoms with Gasteiger partial charge in [-0.3, -0.25) is 5.41 Å². The summed E-state index contributed by atoms with van der Waals surface area (Å²) in [5.41, 5.74) is 5.37. The Morgan fingerprint density at radius 3 is 2.94 bits per heavy atom. The Morgan fingerprint density at radius 1 is 1.62 bits per heavy atom. The minimum Gasteiger partial charge on any atom is -0.388 e. The molecule has 0 radical (unpaired) electrons. The average Bonchev–Trinajstić information content (AvgIpc) is 2.24. The zero-order valence-electron chi connectivity index (χ0n) is 10.4. The topological polar surface area (TPSA) is 65.6 Å². The van der Waals surface area contributed by atoms with Crippen LogP contribution in [0, 0.1) is 5.41 Å². The van der Waals surface area contributed by atoms with Crippen molar-refractivity contribution in [1.82, 2.24) is 9.80 Å². The van der Waals surface area contributed by atoms with Crippen molar-refractivity contribution >= 4 is 5.84 Å². The van der Waals surface area contributed by atoms with Crippen molar-refractivity contribution in [2.75, 3.05) is 46.4 Å². The zero-order chi connectivity index (χ0) is 12.0. The Labute approximate surface area is 98.0 Å². The zero-order valence-corrected chi connectivity index (χ0v) is 10.4. The Morgan fingerprint density at radius 2 is 2.38 bits per heavy atom. The number of likely N-dealkylation sites (N-methyl/N-ethyl adjacent to an activating group) is 2. The van der Waals surface area contributed by atoms with Gasteiger partial charge >= 0.3 is 0 Å². The summed E-state index contributed by atoms with van der Waals surface area (Å²) < 4.78 is 5.72. The van der Waals surface area contributed by atoms with Crippen LogP contribution in [0.3, 0.4) is 0 Å². The lowest BCUT2D eigenvalue weighted by atomic mass is 10.2. The Bertz CT molecular complexity index is 222. The number of hydrogen-bond donors (Lipinski definition) is 2. The maximum Gasteiger partial charge on any atom is 0.0918 e. The number of nitrogens with zero attached hydrogens (tertiary/aromatic N) is 2. The quantitative estimate of drug-likeness (QED) is 0.495. The van der Waals surface area contributed by atoms with Crippen molar-refractivity contribution in [3.8, 4) is 0 Å². The predicted octanol–water partition coefficient (Wildman–Crippen LogP) is -0.0350. The first-order valence-electron chi connectivity index (χ1n) is 5.97. The lowest BCUT2D eigenvalue weighted by Crippen LogP contribution is -2.46. The number of morpholine rings is 1. The second-order valence-corrected chi connectivity index (χ2v) is 4.42. The summed E-state index contributed by atoms with van der Waals surface area (Å²) in [6.45, 7) is 7.76. The minimum absolute atomic E-state index is 0.264. The van der Waals surface area contributed by atoms with Crippen LogP contribution in [0.5, 0.6) is 0 Å². The van der Waals surface area contributed by atoms with Crippen molar-refractivity contribution in [3.05, 3.63) is 0 Å². The van der Waals surface area contributed by atoms with Crippen LogP contribution in [0.1, 0.15) is 13.3 Å². The molecule has 1 heterocycles. The Balaban J connectivity index is 2.28. The van der Waals surface area contributed by atoms with Gasteiger partial charge in [-0.25, -0.2) is 0 Å². The third-order valence-corrected chi connectivity index (χ3v) is 2.95. The monoisotopic (exact) mass is 228 g/mol. The first-order chi connectivity index (χ1) is 7.61. The van der Waals surface area contributed by atoms with Gasteiger partial charge in [-0.15, -0.1) is 0 Å². The van der Waals surface area contributed by atoms with Crippen LogP contribution in [0.25, 0.3) is 0 Å². The molecule has 0 bridgehead atoms. The molecule has 0 aromatic carbocycles. The van der Waals surface area contributed by atoms with E-state index in [-0.39, 0.29) is 5.84 Å². The first kappa shape index (κ1) is 13.4. The van der Waals surface area contributed by atoms with Gasteiger partial charge in [0.15, 0.2) is 0 Å². The highest BCUT2D eigenvalue weighted by Gasteiger charge is 2.19. The molecule has 94 valence electrons. The van der Waals surface area contributed by atoms with Crippen molar-refractivity contribution < 1.29 is 4.74 Å². The highest BCUT2D eigenvalue weighted by Crippen LogP contribution is 2.05. The van der Waals surface area contributed by atoms with Gasteiger partial charge in [0.25, 0.3) is 0 Å². The fourth-order valence-electron chi connectivity index (χ4n) is 1.92. The molecule has 1 aliphatic rings. The molecule has 0 aliphatic carbocycles. The molecule has 1 rings (SSSR count). The van der Waals surface area contributed by atoms with Crippen LogP contribution in [-0.4, -0.2) is 68.1 Å². The van der Waals surface area contributed by atoms with Crippen molar-refractivity contribution in [2.24, 2.45) is 5.73 Å². The Hall–Kier alpha value is -0.650. The number of nitrogens with two attached hydrogens (primary N) is 1. The molecule has 0 aromatic rings. The molecule has 1 fully saturated rings. The van der Waals surface area contributed by atoms with Gasteiger partial charge in [-0.05, 0) is 13.6 Å². The summed E-state index contributed by atoms with van der Waals surface area (Å²) in [4.78, 5) is 4.60. The van der Waals surface area contributed by atoms with E-state index in [0.29, 0.717) is 12.5 Å². The normalized spacial score (nSPS) is 22.6. The molecule has 1 saturated heterocycles. The number of amidine groups is 1. The van der Waals surface area contributed by atoms with E-state index in [2.05, 4.69) is 23.8 Å². The summed E-state index contributed by atoms with van der Waals surface area (Å²) in [6.07, 6.45) is 0.946. The highest BCUT2D eigenvalue weighted by atomic mass is 16.5. The van der Waals surface area contributed by atoms with Crippen molar-refractivity contribution in [1.29, 1.82) is 5.41 Å². The lowest BCUT2D eigenvalue weighted by molar-refractivity contribution is -0.0347. The molecule has 0 saturated carbocycles. The summed E-state index contributed by atoms with van der Waals surface area (Å²) in [7, 11) is 2.13. The molecule has 1 aliphatic heterocycles. The van der Waals surface area contributed by atoms with Crippen LogP contribution >= 0.6 is 0 Å². The summed E-state index contributed by atoms with van der Waals surface area (Å²) in [5.74, 6) is 0.264. The summed E-state index contributed by atoms with van der Waals surface area (Å²) in [6, 6.07) is 0. The van der Waals surface area contributed by atoms with E-state index in [1.54, 1.807) is 0 Å². The molecular formula is C11H24N4O. The molecule has 0 spiro atoms. The van der Waals surface area contributed by atoms with Gasteiger partial charge in [0, 0.05) is 32.6 Å². The molecule has 1 atom stereocenters. The third-order valence-electron chi connectivity index (χ3n) is 2.95. The van der Waals surface area contributed by atoms with Crippen LogP contribution in [0.2, 0.25) is 0 Å². The molecule has 16 heavy (non-hydrogen) atoms. The van der Waals surface area contributed by atoms with Crippen molar-refractivity contribution in [2.45, 2.75) is 19.4 Å². The van der Waals surface area contributed by atoms with Crippen LogP contribution in [0.15, 0.2) is 0 Å². The van der Waals surface area contributed by atoms with E-state index >= 15 is 0 Å². The number of hydrogen-bond acceptors (Lipinski definition) is 4. The second kappa shape index (κ2) is 6.83. The summed E-state index contributed by atoms with van der Waals surface area (Å²) in [5, 5.41) is 7.23. The van der Waals surface area contributed by atoms with Gasteiger partial charge in [0.1, 0.15) is 0 Å². The SMILES string of the molecule is CCN(CCC(=N)N)CC1CN(C)CCO1. The molecule has 0 amide bonds. The third kappa shape index (κ3) is 4.92. The van der Waals surface area contributed by atoms with Crippen LogP contribution in [0.4, 0.5) is 0 Å². The van der Waals surface area contributed by atoms with Gasteiger partial charge in [-0.1, -0.05) is 6.92 Å². The lowest BCUT2D eigenvalue weighted by Gasteiger charge is -2.33. The highest BCUT2D eigenvalue weighted by molar-refractivity contribution is 5.76. The predicted molar refractivity (Wildman–Crippen MR) is 65.9 cm³/mol. The molecule has 1 unspecified atom stereocenters. The van der Waals surface area contributed by atoms with Crippen LogP contribution in [-0.2, 0) is 4.74 Å². The van der Waals surface area contributed by atoms with Gasteiger partial charge in [-0.2, -0.15) is 0 Å². The van der Waals surface area contributed by atoms with E-state index < -0.39 is 0 Å². The van der Waals surface area contributed by atoms with E-state index in [1.807, 2.05) is 0 Å². The fourth-order valence-corrected chi connectivity index (χ4v) is 1.92. The maximum absolute atomic E-state index is 7.23. The number of ether oxygens (including phenoxy) is 1. The first-order valence-corrected chi connectivity index (χ1v) is 5.97. The van der Waals surface area contributed by atoms with Crippen molar-refractivity contribution in [3.63, 3.8) is 0 Å². The standard InChI is InChI=1S/C11H24N4O/c1-3-15(5-4-11(12)13)9-10-8-14(2)6-7-16-10/h10H,3-9H2,1-2H3,(H3,12,13). The van der Waals surface area contributed by atoms with E-state index in [4.69, 9.17) is 15.9 Å². The number of rotatable bonds is 6. The van der Waals surface area contributed by atoms with Gasteiger partial charge < -0.3 is 20.3 Å². The fraction of sp³-hybridized carbons (Fsp3) is 0.909. The smallest absolute Gasteiger partial charge is 0.0918 e. The largest absolute Gasteiger partial charge is 0.388 e. The number of nitrogens with one attached hydrogen (secondary N) is 1. The average molecular weight is 228 g/mol.